The van der Waals surface area contributed by atoms with Gasteiger partial charge in [0.05, 0.1) is 11.5 Å². The van der Waals surface area contributed by atoms with E-state index < -0.39 is 23.6 Å². The highest BCUT2D eigenvalue weighted by atomic mass is 32.2. The molecule has 0 bridgehead atoms. The second-order valence-corrected chi connectivity index (χ2v) is 13.7. The number of hydrogen-bond acceptors (Lipinski definition) is 3. The van der Waals surface area contributed by atoms with E-state index in [2.05, 4.69) is 35.8 Å². The Balaban J connectivity index is 3.27. The first-order chi connectivity index (χ1) is 9.84. The number of rotatable bonds is 3. The van der Waals surface area contributed by atoms with E-state index in [1.807, 2.05) is 0 Å². The predicted molar refractivity (Wildman–Crippen MR) is 92.7 cm³/mol. The van der Waals surface area contributed by atoms with Gasteiger partial charge < -0.3 is 5.11 Å². The van der Waals surface area contributed by atoms with E-state index in [9.17, 15) is 13.5 Å². The Hall–Kier alpha value is -1.13. The zero-order valence-electron chi connectivity index (χ0n) is 14.1. The molecule has 0 heterocycles. The molecule has 1 rings (SSSR count). The van der Waals surface area contributed by atoms with Gasteiger partial charge in [-0.25, -0.2) is 13.1 Å². The van der Waals surface area contributed by atoms with Crippen LogP contribution in [0.25, 0.3) is 0 Å². The minimum Gasteiger partial charge on any atom is -0.392 e. The lowest BCUT2D eigenvalue weighted by atomic mass is 10.1. The molecule has 0 amide bonds. The molecule has 2 N–H and O–H groups in total. The molecule has 0 aliphatic heterocycles. The summed E-state index contributed by atoms with van der Waals surface area (Å²) in [7, 11) is -5.17. The molecule has 0 aliphatic carbocycles. The highest BCUT2D eigenvalue weighted by molar-refractivity contribution is 7.89. The van der Waals surface area contributed by atoms with Crippen LogP contribution in [0, 0.1) is 11.5 Å². The van der Waals surface area contributed by atoms with E-state index in [-0.39, 0.29) is 11.5 Å². The van der Waals surface area contributed by atoms with Crippen LogP contribution in [0.4, 0.5) is 0 Å². The molecule has 0 saturated carbocycles. The molecule has 6 heteroatoms. The summed E-state index contributed by atoms with van der Waals surface area (Å²) in [6.07, 6.45) is 0. The molecule has 22 heavy (non-hydrogen) atoms. The number of aliphatic hydroxyl groups is 1. The lowest BCUT2D eigenvalue weighted by Gasteiger charge is -2.21. The molecule has 1 aromatic rings. The van der Waals surface area contributed by atoms with E-state index in [1.165, 1.54) is 6.07 Å². The summed E-state index contributed by atoms with van der Waals surface area (Å²) >= 11 is 0. The van der Waals surface area contributed by atoms with Gasteiger partial charge in [-0.3, -0.25) is 0 Å². The second kappa shape index (κ2) is 6.55. The summed E-state index contributed by atoms with van der Waals surface area (Å²) in [6.45, 7) is 11.4. The smallest absolute Gasteiger partial charge is 0.241 e. The topological polar surface area (TPSA) is 66.4 Å². The third-order valence-corrected chi connectivity index (χ3v) is 5.28. The van der Waals surface area contributed by atoms with Crippen molar-refractivity contribution in [1.82, 2.24) is 4.72 Å². The standard InChI is InChI=1S/C16H25NO3SSi/c1-16(2,3)17-21(19,20)15-8-7-13(11-14(15)12-18)9-10-22(4,5)6/h7-8,11,17-18H,12H2,1-6H3. The fourth-order valence-electron chi connectivity index (χ4n) is 1.76. The second-order valence-electron chi connectivity index (χ2n) is 7.34. The largest absolute Gasteiger partial charge is 0.392 e. The van der Waals surface area contributed by atoms with Gasteiger partial charge in [-0.2, -0.15) is 0 Å². The SMILES string of the molecule is CC(C)(C)NS(=O)(=O)c1ccc(C#C[Si](C)(C)C)cc1CO. The van der Waals surface area contributed by atoms with Gasteiger partial charge in [-0.05, 0) is 44.5 Å². The number of sulfonamides is 1. The zero-order chi connectivity index (χ0) is 17.2. The normalized spacial score (nSPS) is 12.7. The lowest BCUT2D eigenvalue weighted by Crippen LogP contribution is -2.40. The average Bonchev–Trinajstić information content (AvgIpc) is 2.32. The summed E-state index contributed by atoms with van der Waals surface area (Å²) in [6, 6.07) is 4.84. The zero-order valence-corrected chi connectivity index (χ0v) is 15.9. The average molecular weight is 340 g/mol. The Morgan fingerprint density at radius 1 is 1.23 bits per heavy atom. The maximum Gasteiger partial charge on any atom is 0.241 e. The van der Waals surface area contributed by atoms with Crippen LogP contribution in [0.15, 0.2) is 23.1 Å². The molecular weight excluding hydrogens is 314 g/mol. The highest BCUT2D eigenvalue weighted by Gasteiger charge is 2.24. The molecule has 0 unspecified atom stereocenters. The van der Waals surface area contributed by atoms with E-state index in [1.54, 1.807) is 32.9 Å². The van der Waals surface area contributed by atoms with Crippen molar-refractivity contribution in [3.8, 4) is 11.5 Å². The minimum absolute atomic E-state index is 0.100. The van der Waals surface area contributed by atoms with Crippen molar-refractivity contribution in [1.29, 1.82) is 0 Å². The Kier molecular flexibility index (Phi) is 5.63. The maximum atomic E-state index is 12.4. The number of nitrogens with one attached hydrogen (secondary N) is 1. The Bertz CT molecular complexity index is 702. The summed E-state index contributed by atoms with van der Waals surface area (Å²) in [5, 5.41) is 9.50. The van der Waals surface area contributed by atoms with Gasteiger partial charge >= 0.3 is 0 Å². The van der Waals surface area contributed by atoms with E-state index in [0.717, 1.165) is 5.56 Å². The fourth-order valence-corrected chi connectivity index (χ4v) is 3.91. The van der Waals surface area contributed by atoms with Crippen molar-refractivity contribution in [2.24, 2.45) is 0 Å². The van der Waals surface area contributed by atoms with Crippen LogP contribution in [-0.4, -0.2) is 27.1 Å². The quantitative estimate of drug-likeness (QED) is 0.657. The molecule has 0 saturated heterocycles. The maximum absolute atomic E-state index is 12.4. The Morgan fingerprint density at radius 3 is 2.27 bits per heavy atom. The van der Waals surface area contributed by atoms with Crippen molar-refractivity contribution < 1.29 is 13.5 Å². The molecule has 0 aliphatic rings. The van der Waals surface area contributed by atoms with Crippen molar-refractivity contribution in [3.63, 3.8) is 0 Å². The van der Waals surface area contributed by atoms with E-state index in [0.29, 0.717) is 5.56 Å². The van der Waals surface area contributed by atoms with Gasteiger partial charge in [0.2, 0.25) is 10.0 Å². The summed E-state index contributed by atoms with van der Waals surface area (Å²) in [5.41, 5.74) is 3.73. The number of benzene rings is 1. The third kappa shape index (κ3) is 5.93. The molecule has 4 nitrogen and oxygen atoms in total. The molecular formula is C16H25NO3SSi. The molecule has 0 atom stereocenters. The summed E-state index contributed by atoms with van der Waals surface area (Å²) < 4.78 is 27.4. The van der Waals surface area contributed by atoms with Crippen molar-refractivity contribution >= 4 is 18.1 Å². The van der Waals surface area contributed by atoms with E-state index >= 15 is 0 Å². The van der Waals surface area contributed by atoms with Gasteiger partial charge in [0, 0.05) is 11.1 Å². The number of hydrogen-bond donors (Lipinski definition) is 2. The van der Waals surface area contributed by atoms with Crippen LogP contribution >= 0.6 is 0 Å². The predicted octanol–water partition coefficient (Wildman–Crippen LogP) is 2.48. The number of aliphatic hydroxyl groups excluding tert-OH is 1. The van der Waals surface area contributed by atoms with Crippen LogP contribution in [0.5, 0.6) is 0 Å². The molecule has 0 spiro atoms. The minimum atomic E-state index is -3.67. The van der Waals surface area contributed by atoms with Crippen LogP contribution in [0.1, 0.15) is 31.9 Å². The first-order valence-electron chi connectivity index (χ1n) is 7.15. The summed E-state index contributed by atoms with van der Waals surface area (Å²) in [4.78, 5) is 0.100. The molecule has 0 radical (unpaired) electrons. The lowest BCUT2D eigenvalue weighted by molar-refractivity contribution is 0.278. The highest BCUT2D eigenvalue weighted by Crippen LogP contribution is 2.19. The van der Waals surface area contributed by atoms with Gasteiger partial charge in [0.25, 0.3) is 0 Å². The van der Waals surface area contributed by atoms with Gasteiger partial charge in [0.1, 0.15) is 8.07 Å². The molecule has 0 fully saturated rings. The Labute approximate surface area is 135 Å². The van der Waals surface area contributed by atoms with E-state index in [4.69, 9.17) is 0 Å². The molecule has 0 aromatic heterocycles. The van der Waals surface area contributed by atoms with Crippen molar-refractivity contribution in [3.05, 3.63) is 29.3 Å². The molecule has 122 valence electrons. The van der Waals surface area contributed by atoms with Gasteiger partial charge in [0.15, 0.2) is 0 Å². The first kappa shape index (κ1) is 18.9. The Morgan fingerprint density at radius 2 is 1.82 bits per heavy atom. The first-order valence-corrected chi connectivity index (χ1v) is 12.1. The summed E-state index contributed by atoms with van der Waals surface area (Å²) in [5.74, 6) is 3.07. The monoisotopic (exact) mass is 339 g/mol. The third-order valence-electron chi connectivity index (χ3n) is 2.54. The van der Waals surface area contributed by atoms with Gasteiger partial charge in [-0.15, -0.1) is 5.54 Å². The van der Waals surface area contributed by atoms with Crippen molar-refractivity contribution in [2.45, 2.75) is 57.5 Å². The van der Waals surface area contributed by atoms with Crippen LogP contribution < -0.4 is 4.72 Å². The van der Waals surface area contributed by atoms with Crippen LogP contribution in [0.2, 0.25) is 19.6 Å². The van der Waals surface area contributed by atoms with Crippen LogP contribution in [0.3, 0.4) is 0 Å². The van der Waals surface area contributed by atoms with Gasteiger partial charge in [-0.1, -0.05) is 25.6 Å². The molecule has 1 aromatic carbocycles. The van der Waals surface area contributed by atoms with Crippen LogP contribution in [-0.2, 0) is 16.6 Å². The van der Waals surface area contributed by atoms with Crippen molar-refractivity contribution in [2.75, 3.05) is 0 Å². The fraction of sp³-hybridized carbons (Fsp3) is 0.500.